The molecule has 2 aromatic carbocycles. The molecule has 156 valence electrons. The van der Waals surface area contributed by atoms with Crippen LogP contribution in [-0.4, -0.2) is 35.4 Å². The van der Waals surface area contributed by atoms with Crippen LogP contribution in [0.1, 0.15) is 45.2 Å². The zero-order chi connectivity index (χ0) is 21.4. The molecule has 1 N–H and O–H groups in total. The maximum absolute atomic E-state index is 13.2. The van der Waals surface area contributed by atoms with Crippen LogP contribution in [0.2, 0.25) is 0 Å². The molecule has 0 unspecified atom stereocenters. The van der Waals surface area contributed by atoms with Gasteiger partial charge in [0.15, 0.2) is 0 Å². The molecule has 0 heterocycles. The number of benzene rings is 2. The highest BCUT2D eigenvalue weighted by Crippen LogP contribution is 2.18. The Morgan fingerprint density at radius 2 is 1.62 bits per heavy atom. The highest BCUT2D eigenvalue weighted by atomic mass is 16.5. The predicted octanol–water partition coefficient (Wildman–Crippen LogP) is 3.96. The quantitative estimate of drug-likeness (QED) is 0.735. The Morgan fingerprint density at radius 1 is 1.00 bits per heavy atom. The van der Waals surface area contributed by atoms with E-state index in [2.05, 4.69) is 5.32 Å². The van der Waals surface area contributed by atoms with E-state index in [1.54, 1.807) is 12.0 Å². The summed E-state index contributed by atoms with van der Waals surface area (Å²) in [4.78, 5) is 27.9. The van der Waals surface area contributed by atoms with Crippen LogP contribution in [0.15, 0.2) is 54.6 Å². The Kier molecular flexibility index (Phi) is 7.82. The largest absolute Gasteiger partial charge is 0.497 e. The van der Waals surface area contributed by atoms with Crippen LogP contribution < -0.4 is 10.1 Å². The Labute approximate surface area is 174 Å². The zero-order valence-electron chi connectivity index (χ0n) is 18.1. The fraction of sp³-hybridized carbons (Fsp3) is 0.417. The first-order valence-corrected chi connectivity index (χ1v) is 10.0. The molecule has 0 aliphatic carbocycles. The number of nitrogens with one attached hydrogen (secondary N) is 1. The minimum absolute atomic E-state index is 0.0667. The molecule has 0 aliphatic rings. The number of methoxy groups -OCH3 is 1. The van der Waals surface area contributed by atoms with Crippen molar-refractivity contribution in [2.24, 2.45) is 0 Å². The van der Waals surface area contributed by atoms with Gasteiger partial charge in [-0.1, -0.05) is 49.4 Å². The van der Waals surface area contributed by atoms with Gasteiger partial charge in [-0.3, -0.25) is 9.59 Å². The molecule has 2 amide bonds. The average Bonchev–Trinajstić information content (AvgIpc) is 2.67. The van der Waals surface area contributed by atoms with Gasteiger partial charge in [0, 0.05) is 12.1 Å². The van der Waals surface area contributed by atoms with Crippen molar-refractivity contribution >= 4 is 11.8 Å². The van der Waals surface area contributed by atoms with Crippen molar-refractivity contribution < 1.29 is 14.3 Å². The molecule has 1 atom stereocenters. The standard InChI is InChI=1S/C24H32N2O3/c1-6-21(23(28)25-24(2,3)4)26(17-19-12-14-20(29-5)15-13-19)22(27)16-18-10-8-7-9-11-18/h7-15,21H,6,16-17H2,1-5H3,(H,25,28)/t21-/m0/s1. The molecule has 0 aliphatic heterocycles. The average molecular weight is 397 g/mol. The van der Waals surface area contributed by atoms with E-state index in [1.165, 1.54) is 0 Å². The third kappa shape index (κ3) is 6.93. The second kappa shape index (κ2) is 10.1. The van der Waals surface area contributed by atoms with Crippen molar-refractivity contribution in [3.8, 4) is 5.75 Å². The first-order valence-electron chi connectivity index (χ1n) is 10.0. The number of carbonyl (C=O) groups is 2. The predicted molar refractivity (Wildman–Crippen MR) is 116 cm³/mol. The summed E-state index contributed by atoms with van der Waals surface area (Å²) in [6, 6.07) is 16.7. The summed E-state index contributed by atoms with van der Waals surface area (Å²) in [6.45, 7) is 8.13. The van der Waals surface area contributed by atoms with Gasteiger partial charge in [0.05, 0.1) is 13.5 Å². The monoisotopic (exact) mass is 396 g/mol. The van der Waals surface area contributed by atoms with Gasteiger partial charge in [-0.2, -0.15) is 0 Å². The molecule has 29 heavy (non-hydrogen) atoms. The van der Waals surface area contributed by atoms with E-state index in [0.717, 1.165) is 16.9 Å². The van der Waals surface area contributed by atoms with Gasteiger partial charge in [-0.15, -0.1) is 0 Å². The van der Waals surface area contributed by atoms with Crippen LogP contribution in [0.5, 0.6) is 5.75 Å². The van der Waals surface area contributed by atoms with Crippen LogP contribution in [0.25, 0.3) is 0 Å². The SMILES string of the molecule is CC[C@@H](C(=O)NC(C)(C)C)N(Cc1ccc(OC)cc1)C(=O)Cc1ccccc1. The van der Waals surface area contributed by atoms with Gasteiger partial charge in [0.2, 0.25) is 11.8 Å². The highest BCUT2D eigenvalue weighted by Gasteiger charge is 2.30. The summed E-state index contributed by atoms with van der Waals surface area (Å²) in [5, 5.41) is 3.02. The van der Waals surface area contributed by atoms with E-state index < -0.39 is 6.04 Å². The van der Waals surface area contributed by atoms with Gasteiger partial charge in [0.1, 0.15) is 11.8 Å². The number of nitrogens with zero attached hydrogens (tertiary/aromatic N) is 1. The third-order valence-corrected chi connectivity index (χ3v) is 4.59. The van der Waals surface area contributed by atoms with Crippen LogP contribution in [-0.2, 0) is 22.6 Å². The van der Waals surface area contributed by atoms with Crippen molar-refractivity contribution in [2.45, 2.75) is 58.7 Å². The molecule has 0 saturated heterocycles. The smallest absolute Gasteiger partial charge is 0.243 e. The maximum Gasteiger partial charge on any atom is 0.243 e. The van der Waals surface area contributed by atoms with Gasteiger partial charge >= 0.3 is 0 Å². The molecule has 0 radical (unpaired) electrons. The van der Waals surface area contributed by atoms with E-state index in [-0.39, 0.29) is 23.8 Å². The molecule has 0 fully saturated rings. The molecule has 5 heteroatoms. The van der Waals surface area contributed by atoms with Crippen LogP contribution >= 0.6 is 0 Å². The Balaban J connectivity index is 2.28. The van der Waals surface area contributed by atoms with Crippen LogP contribution in [0, 0.1) is 0 Å². The Morgan fingerprint density at radius 3 is 2.14 bits per heavy atom. The lowest BCUT2D eigenvalue weighted by molar-refractivity contribution is -0.141. The van der Waals surface area contributed by atoms with Crippen LogP contribution in [0.3, 0.4) is 0 Å². The number of rotatable bonds is 8. The summed E-state index contributed by atoms with van der Waals surface area (Å²) in [5.74, 6) is 0.561. The number of ether oxygens (including phenoxy) is 1. The number of amides is 2. The molecule has 2 rings (SSSR count). The first kappa shape index (κ1) is 22.5. The first-order chi connectivity index (χ1) is 13.7. The van der Waals surface area contributed by atoms with Gasteiger partial charge in [0.25, 0.3) is 0 Å². The van der Waals surface area contributed by atoms with Crippen molar-refractivity contribution in [1.82, 2.24) is 10.2 Å². The van der Waals surface area contributed by atoms with E-state index in [1.807, 2.05) is 82.3 Å². The van der Waals surface area contributed by atoms with E-state index in [0.29, 0.717) is 13.0 Å². The van der Waals surface area contributed by atoms with E-state index >= 15 is 0 Å². The van der Waals surface area contributed by atoms with Crippen molar-refractivity contribution in [3.63, 3.8) is 0 Å². The topological polar surface area (TPSA) is 58.6 Å². The summed E-state index contributed by atoms with van der Waals surface area (Å²) in [7, 11) is 1.62. The number of hydrogen-bond acceptors (Lipinski definition) is 3. The van der Waals surface area contributed by atoms with Gasteiger partial charge in [-0.25, -0.2) is 0 Å². The molecule has 0 spiro atoms. The number of carbonyl (C=O) groups excluding carboxylic acids is 2. The molecular formula is C24H32N2O3. The van der Waals surface area contributed by atoms with Crippen molar-refractivity contribution in [3.05, 3.63) is 65.7 Å². The van der Waals surface area contributed by atoms with E-state index in [4.69, 9.17) is 4.74 Å². The zero-order valence-corrected chi connectivity index (χ0v) is 18.1. The second-order valence-corrected chi connectivity index (χ2v) is 8.20. The van der Waals surface area contributed by atoms with Crippen LogP contribution in [0.4, 0.5) is 0 Å². The molecule has 0 bridgehead atoms. The Bertz CT molecular complexity index is 795. The normalized spacial score (nSPS) is 12.2. The third-order valence-electron chi connectivity index (χ3n) is 4.59. The molecule has 0 aromatic heterocycles. The number of hydrogen-bond donors (Lipinski definition) is 1. The minimum atomic E-state index is -0.535. The van der Waals surface area contributed by atoms with Gasteiger partial charge in [-0.05, 0) is 50.5 Å². The second-order valence-electron chi connectivity index (χ2n) is 8.20. The summed E-state index contributed by atoms with van der Waals surface area (Å²) in [6.07, 6.45) is 0.800. The fourth-order valence-electron chi connectivity index (χ4n) is 3.17. The Hall–Kier alpha value is -2.82. The lowest BCUT2D eigenvalue weighted by atomic mass is 10.0. The molecule has 0 saturated carbocycles. The van der Waals surface area contributed by atoms with E-state index in [9.17, 15) is 9.59 Å². The summed E-state index contributed by atoms with van der Waals surface area (Å²) >= 11 is 0. The fourth-order valence-corrected chi connectivity index (χ4v) is 3.17. The summed E-state index contributed by atoms with van der Waals surface area (Å²) < 4.78 is 5.22. The molecular weight excluding hydrogens is 364 g/mol. The minimum Gasteiger partial charge on any atom is -0.497 e. The molecule has 2 aromatic rings. The highest BCUT2D eigenvalue weighted by molar-refractivity contribution is 5.88. The lowest BCUT2D eigenvalue weighted by Gasteiger charge is -2.33. The van der Waals surface area contributed by atoms with Gasteiger partial charge < -0.3 is 15.0 Å². The van der Waals surface area contributed by atoms with Crippen molar-refractivity contribution in [2.75, 3.05) is 7.11 Å². The molecule has 5 nitrogen and oxygen atoms in total. The lowest BCUT2D eigenvalue weighted by Crippen LogP contribution is -2.53. The maximum atomic E-state index is 13.2. The van der Waals surface area contributed by atoms with Crippen molar-refractivity contribution in [1.29, 1.82) is 0 Å². The summed E-state index contributed by atoms with van der Waals surface area (Å²) in [5.41, 5.74) is 1.52.